The van der Waals surface area contributed by atoms with Crippen LogP contribution in [0.5, 0.6) is 5.75 Å². The molecule has 1 N–H and O–H groups in total. The van der Waals surface area contributed by atoms with Crippen molar-refractivity contribution in [3.63, 3.8) is 0 Å². The summed E-state index contributed by atoms with van der Waals surface area (Å²) < 4.78 is 31.4. The number of carbonyl (C=O) groups is 1. The summed E-state index contributed by atoms with van der Waals surface area (Å²) in [5.74, 6) is -2.73. The summed E-state index contributed by atoms with van der Waals surface area (Å²) in [5, 5.41) is 9.01. The maximum atomic E-state index is 13.3. The highest BCUT2D eigenvalue weighted by Crippen LogP contribution is 2.26. The zero-order chi connectivity index (χ0) is 16.6. The summed E-state index contributed by atoms with van der Waals surface area (Å²) in [6.07, 6.45) is 2.43. The first-order chi connectivity index (χ1) is 11.0. The van der Waals surface area contributed by atoms with E-state index in [0.717, 1.165) is 29.3 Å². The SMILES string of the molecule is O=C1C(=Cc2ccc(O)c(F)c2)OC(=S)N1c1ccc(F)nc1. The van der Waals surface area contributed by atoms with Gasteiger partial charge < -0.3 is 9.84 Å². The van der Waals surface area contributed by atoms with Gasteiger partial charge in [-0.3, -0.25) is 4.79 Å². The molecule has 5 nitrogen and oxygen atoms in total. The lowest BCUT2D eigenvalue weighted by molar-refractivity contribution is -0.114. The second-order valence-corrected chi connectivity index (χ2v) is 4.92. The highest BCUT2D eigenvalue weighted by Gasteiger charge is 2.35. The van der Waals surface area contributed by atoms with E-state index < -0.39 is 23.4 Å². The molecule has 1 fully saturated rings. The van der Waals surface area contributed by atoms with Crippen LogP contribution in [0.4, 0.5) is 14.5 Å². The summed E-state index contributed by atoms with van der Waals surface area (Å²) in [7, 11) is 0. The Hall–Kier alpha value is -2.87. The number of halogens is 2. The predicted octanol–water partition coefficient (Wildman–Crippen LogP) is 2.75. The monoisotopic (exact) mass is 334 g/mol. The van der Waals surface area contributed by atoms with E-state index in [0.29, 0.717) is 5.56 Å². The van der Waals surface area contributed by atoms with Crippen molar-refractivity contribution in [2.75, 3.05) is 4.90 Å². The number of phenolic OH excluding ortho intramolecular Hbond substituents is 1. The molecule has 1 aromatic heterocycles. The molecule has 1 aliphatic rings. The van der Waals surface area contributed by atoms with Crippen LogP contribution in [0.3, 0.4) is 0 Å². The Morgan fingerprint density at radius 1 is 1.26 bits per heavy atom. The minimum atomic E-state index is -0.827. The molecule has 0 radical (unpaired) electrons. The van der Waals surface area contributed by atoms with Crippen LogP contribution in [0, 0.1) is 11.8 Å². The summed E-state index contributed by atoms with van der Waals surface area (Å²) >= 11 is 4.98. The van der Waals surface area contributed by atoms with Gasteiger partial charge in [-0.05, 0) is 48.1 Å². The lowest BCUT2D eigenvalue weighted by Crippen LogP contribution is -2.28. The Morgan fingerprint density at radius 3 is 2.70 bits per heavy atom. The number of phenols is 1. The van der Waals surface area contributed by atoms with Crippen LogP contribution in [0.25, 0.3) is 6.08 Å². The highest BCUT2D eigenvalue weighted by atomic mass is 32.1. The molecule has 8 heteroatoms. The van der Waals surface area contributed by atoms with E-state index in [1.165, 1.54) is 18.2 Å². The lowest BCUT2D eigenvalue weighted by Gasteiger charge is -2.11. The van der Waals surface area contributed by atoms with Crippen LogP contribution in [-0.2, 0) is 9.53 Å². The number of anilines is 1. The normalized spacial score (nSPS) is 16.1. The fourth-order valence-electron chi connectivity index (χ4n) is 1.95. The van der Waals surface area contributed by atoms with Crippen molar-refractivity contribution in [2.24, 2.45) is 0 Å². The van der Waals surface area contributed by atoms with Gasteiger partial charge in [0.15, 0.2) is 17.3 Å². The third-order valence-corrected chi connectivity index (χ3v) is 3.30. The standard InChI is InChI=1S/C15H8F2N2O3S/c16-10-5-8(1-3-11(10)20)6-12-14(21)19(15(23)22-12)9-2-4-13(17)18-7-9/h1-7,20H. The molecule has 0 unspecified atom stereocenters. The maximum Gasteiger partial charge on any atom is 0.301 e. The zero-order valence-electron chi connectivity index (χ0n) is 11.4. The largest absolute Gasteiger partial charge is 0.505 e. The van der Waals surface area contributed by atoms with Gasteiger partial charge >= 0.3 is 5.91 Å². The summed E-state index contributed by atoms with van der Waals surface area (Å²) in [6.45, 7) is 0. The second kappa shape index (κ2) is 5.73. The van der Waals surface area contributed by atoms with Crippen molar-refractivity contribution in [3.05, 3.63) is 59.6 Å². The Bertz CT molecular complexity index is 837. The van der Waals surface area contributed by atoms with Crippen molar-refractivity contribution in [1.82, 2.24) is 4.98 Å². The molecule has 0 bridgehead atoms. The molecule has 116 valence electrons. The van der Waals surface area contributed by atoms with E-state index in [9.17, 15) is 13.6 Å². The van der Waals surface area contributed by atoms with E-state index in [2.05, 4.69) is 4.98 Å². The molecule has 1 aliphatic heterocycles. The summed E-state index contributed by atoms with van der Waals surface area (Å²) in [6, 6.07) is 6.03. The minimum absolute atomic E-state index is 0.121. The van der Waals surface area contributed by atoms with Crippen LogP contribution < -0.4 is 4.90 Å². The Labute approximate surface area is 134 Å². The fourth-order valence-corrected chi connectivity index (χ4v) is 2.23. The first-order valence-electron chi connectivity index (χ1n) is 6.34. The van der Waals surface area contributed by atoms with Crippen LogP contribution in [-0.4, -0.2) is 21.2 Å². The maximum absolute atomic E-state index is 13.3. The van der Waals surface area contributed by atoms with Crippen molar-refractivity contribution in [2.45, 2.75) is 0 Å². The third kappa shape index (κ3) is 2.88. The number of amides is 1. The Morgan fingerprint density at radius 2 is 2.04 bits per heavy atom. The van der Waals surface area contributed by atoms with Crippen molar-refractivity contribution in [1.29, 1.82) is 0 Å². The molecule has 23 heavy (non-hydrogen) atoms. The first-order valence-corrected chi connectivity index (χ1v) is 6.74. The van der Waals surface area contributed by atoms with E-state index in [1.54, 1.807) is 0 Å². The van der Waals surface area contributed by atoms with E-state index in [1.807, 2.05) is 0 Å². The molecular formula is C15H8F2N2O3S. The van der Waals surface area contributed by atoms with Gasteiger partial charge in [0.2, 0.25) is 5.95 Å². The number of pyridine rings is 1. The number of rotatable bonds is 2. The number of carbonyl (C=O) groups excluding carboxylic acids is 1. The van der Waals surface area contributed by atoms with E-state index in [-0.39, 0.29) is 16.6 Å². The smallest absolute Gasteiger partial charge is 0.301 e. The zero-order valence-corrected chi connectivity index (χ0v) is 12.2. The molecule has 1 amide bonds. The number of hydrogen-bond donors (Lipinski definition) is 1. The number of ether oxygens (including phenoxy) is 1. The molecule has 1 saturated heterocycles. The minimum Gasteiger partial charge on any atom is -0.505 e. The van der Waals surface area contributed by atoms with Crippen LogP contribution in [0.15, 0.2) is 42.3 Å². The van der Waals surface area contributed by atoms with Gasteiger partial charge in [0.05, 0.1) is 11.9 Å². The molecule has 2 aromatic rings. The molecule has 1 aromatic carbocycles. The van der Waals surface area contributed by atoms with Crippen LogP contribution >= 0.6 is 12.2 Å². The molecule has 3 rings (SSSR count). The predicted molar refractivity (Wildman–Crippen MR) is 81.4 cm³/mol. The van der Waals surface area contributed by atoms with Gasteiger partial charge in [-0.1, -0.05) is 6.07 Å². The van der Waals surface area contributed by atoms with Gasteiger partial charge in [0, 0.05) is 0 Å². The number of aromatic nitrogens is 1. The Kier molecular flexibility index (Phi) is 3.75. The van der Waals surface area contributed by atoms with E-state index in [4.69, 9.17) is 22.1 Å². The van der Waals surface area contributed by atoms with Crippen LogP contribution in [0.1, 0.15) is 5.56 Å². The van der Waals surface area contributed by atoms with Gasteiger partial charge in [0.1, 0.15) is 0 Å². The number of hydrogen-bond acceptors (Lipinski definition) is 5. The van der Waals surface area contributed by atoms with E-state index >= 15 is 0 Å². The van der Waals surface area contributed by atoms with Crippen molar-refractivity contribution in [3.8, 4) is 5.75 Å². The summed E-state index contributed by atoms with van der Waals surface area (Å²) in [4.78, 5) is 16.8. The number of aromatic hydroxyl groups is 1. The topological polar surface area (TPSA) is 62.7 Å². The average molecular weight is 334 g/mol. The molecular weight excluding hydrogens is 326 g/mol. The van der Waals surface area contributed by atoms with Gasteiger partial charge in [-0.2, -0.15) is 4.39 Å². The quantitative estimate of drug-likeness (QED) is 0.520. The average Bonchev–Trinajstić information content (AvgIpc) is 2.79. The highest BCUT2D eigenvalue weighted by molar-refractivity contribution is 7.80. The molecule has 0 aliphatic carbocycles. The molecule has 2 heterocycles. The van der Waals surface area contributed by atoms with Crippen molar-refractivity contribution >= 4 is 35.1 Å². The summed E-state index contributed by atoms with van der Waals surface area (Å²) in [5.41, 5.74) is 0.562. The number of thiocarbonyl (C=S) groups is 1. The van der Waals surface area contributed by atoms with Crippen molar-refractivity contribution < 1.29 is 23.4 Å². The van der Waals surface area contributed by atoms with Gasteiger partial charge in [-0.25, -0.2) is 14.3 Å². The fraction of sp³-hybridized carbons (Fsp3) is 0. The first kappa shape index (κ1) is 15.0. The number of nitrogens with zero attached hydrogens (tertiary/aromatic N) is 2. The molecule has 0 saturated carbocycles. The third-order valence-electron chi connectivity index (χ3n) is 3.03. The second-order valence-electron chi connectivity index (χ2n) is 4.57. The van der Waals surface area contributed by atoms with Gasteiger partial charge in [0.25, 0.3) is 5.17 Å². The lowest BCUT2D eigenvalue weighted by atomic mass is 10.2. The number of benzene rings is 1. The Balaban J connectivity index is 1.92. The van der Waals surface area contributed by atoms with Gasteiger partial charge in [-0.15, -0.1) is 0 Å². The van der Waals surface area contributed by atoms with Crippen LogP contribution in [0.2, 0.25) is 0 Å². The molecule has 0 atom stereocenters. The molecule has 0 spiro atoms.